The molecule has 2 nitrogen and oxygen atoms in total. The highest BCUT2D eigenvalue weighted by Gasteiger charge is 2.12. The Morgan fingerprint density at radius 1 is 1.50 bits per heavy atom. The minimum absolute atomic E-state index is 0.383. The summed E-state index contributed by atoms with van der Waals surface area (Å²) >= 11 is 0. The number of ether oxygens (including phenoxy) is 2. The minimum atomic E-state index is 0.383. The lowest BCUT2D eigenvalue weighted by atomic mass is 10.1. The van der Waals surface area contributed by atoms with Crippen molar-refractivity contribution in [3.8, 4) is 0 Å². The SMILES string of the molecule is CCOC[C@H]1CCCCO1. The maximum atomic E-state index is 5.46. The van der Waals surface area contributed by atoms with Gasteiger partial charge >= 0.3 is 0 Å². The summed E-state index contributed by atoms with van der Waals surface area (Å²) in [5, 5.41) is 0. The van der Waals surface area contributed by atoms with E-state index in [0.717, 1.165) is 19.8 Å². The highest BCUT2D eigenvalue weighted by molar-refractivity contribution is 4.61. The first-order chi connectivity index (χ1) is 4.93. The molecule has 0 unspecified atom stereocenters. The van der Waals surface area contributed by atoms with Crippen molar-refractivity contribution >= 4 is 0 Å². The van der Waals surface area contributed by atoms with Crippen LogP contribution in [-0.4, -0.2) is 25.9 Å². The largest absolute Gasteiger partial charge is 0.379 e. The molecule has 1 heterocycles. The Morgan fingerprint density at radius 3 is 3.00 bits per heavy atom. The van der Waals surface area contributed by atoms with E-state index in [0.29, 0.717) is 6.10 Å². The van der Waals surface area contributed by atoms with Gasteiger partial charge < -0.3 is 9.47 Å². The predicted octanol–water partition coefficient (Wildman–Crippen LogP) is 1.59. The van der Waals surface area contributed by atoms with E-state index in [-0.39, 0.29) is 0 Å². The molecule has 0 amide bonds. The molecule has 0 aliphatic carbocycles. The van der Waals surface area contributed by atoms with Gasteiger partial charge in [-0.3, -0.25) is 0 Å². The van der Waals surface area contributed by atoms with E-state index in [4.69, 9.17) is 9.47 Å². The van der Waals surface area contributed by atoms with E-state index in [9.17, 15) is 0 Å². The molecule has 1 saturated heterocycles. The Labute approximate surface area is 62.5 Å². The van der Waals surface area contributed by atoms with Crippen molar-refractivity contribution in [3.05, 3.63) is 0 Å². The monoisotopic (exact) mass is 144 g/mol. The van der Waals surface area contributed by atoms with E-state index >= 15 is 0 Å². The van der Waals surface area contributed by atoms with E-state index in [2.05, 4.69) is 0 Å². The molecule has 1 rings (SSSR count). The molecule has 1 atom stereocenters. The molecule has 0 N–H and O–H groups in total. The maximum Gasteiger partial charge on any atom is 0.0808 e. The molecule has 1 fully saturated rings. The molecule has 0 radical (unpaired) electrons. The predicted molar refractivity (Wildman–Crippen MR) is 40.1 cm³/mol. The fraction of sp³-hybridized carbons (Fsp3) is 1.00. The van der Waals surface area contributed by atoms with Crippen LogP contribution in [0.3, 0.4) is 0 Å². The summed E-state index contributed by atoms with van der Waals surface area (Å²) in [6, 6.07) is 0. The summed E-state index contributed by atoms with van der Waals surface area (Å²) in [7, 11) is 0. The zero-order valence-electron chi connectivity index (χ0n) is 6.64. The topological polar surface area (TPSA) is 18.5 Å². The van der Waals surface area contributed by atoms with Crippen molar-refractivity contribution in [2.24, 2.45) is 0 Å². The Hall–Kier alpha value is -0.0800. The quantitative estimate of drug-likeness (QED) is 0.599. The van der Waals surface area contributed by atoms with Crippen LogP contribution in [0, 0.1) is 0 Å². The van der Waals surface area contributed by atoms with Gasteiger partial charge in [0.2, 0.25) is 0 Å². The highest BCUT2D eigenvalue weighted by atomic mass is 16.5. The first-order valence-electron chi connectivity index (χ1n) is 4.13. The zero-order chi connectivity index (χ0) is 7.23. The normalized spacial score (nSPS) is 26.7. The molecule has 2 heteroatoms. The van der Waals surface area contributed by atoms with E-state index in [1.54, 1.807) is 0 Å². The van der Waals surface area contributed by atoms with Crippen molar-refractivity contribution in [2.75, 3.05) is 19.8 Å². The van der Waals surface area contributed by atoms with Gasteiger partial charge in [0.05, 0.1) is 12.7 Å². The fourth-order valence-corrected chi connectivity index (χ4v) is 1.19. The molecule has 10 heavy (non-hydrogen) atoms. The smallest absolute Gasteiger partial charge is 0.0808 e. The second-order valence-corrected chi connectivity index (χ2v) is 2.65. The van der Waals surface area contributed by atoms with Crippen LogP contribution in [0.25, 0.3) is 0 Å². The van der Waals surface area contributed by atoms with Gasteiger partial charge in [-0.25, -0.2) is 0 Å². The van der Waals surface area contributed by atoms with Crippen LogP contribution in [0.5, 0.6) is 0 Å². The summed E-state index contributed by atoms with van der Waals surface area (Å²) in [4.78, 5) is 0. The van der Waals surface area contributed by atoms with Gasteiger partial charge in [-0.1, -0.05) is 0 Å². The third-order valence-corrected chi connectivity index (χ3v) is 1.78. The van der Waals surface area contributed by atoms with E-state index in [1.165, 1.54) is 19.3 Å². The Kier molecular flexibility index (Phi) is 3.76. The molecule has 0 bridgehead atoms. The van der Waals surface area contributed by atoms with Gasteiger partial charge in [-0.05, 0) is 26.2 Å². The highest BCUT2D eigenvalue weighted by Crippen LogP contribution is 2.12. The Bertz CT molecular complexity index is 77.3. The number of hydrogen-bond donors (Lipinski definition) is 0. The lowest BCUT2D eigenvalue weighted by Gasteiger charge is -2.21. The van der Waals surface area contributed by atoms with Gasteiger partial charge in [0.25, 0.3) is 0 Å². The maximum absolute atomic E-state index is 5.46. The van der Waals surface area contributed by atoms with Crippen molar-refractivity contribution in [2.45, 2.75) is 32.3 Å². The zero-order valence-corrected chi connectivity index (χ0v) is 6.64. The molecule has 1 aliphatic heterocycles. The van der Waals surface area contributed by atoms with Crippen LogP contribution < -0.4 is 0 Å². The van der Waals surface area contributed by atoms with Crippen LogP contribution in [-0.2, 0) is 9.47 Å². The summed E-state index contributed by atoms with van der Waals surface area (Å²) in [6.45, 7) is 4.54. The van der Waals surface area contributed by atoms with Crippen molar-refractivity contribution in [3.63, 3.8) is 0 Å². The van der Waals surface area contributed by atoms with E-state index in [1.807, 2.05) is 6.92 Å². The average Bonchev–Trinajstić information content (AvgIpc) is 2.03. The van der Waals surface area contributed by atoms with Crippen LogP contribution in [0.4, 0.5) is 0 Å². The standard InChI is InChI=1S/C8H16O2/c1-2-9-7-8-5-3-4-6-10-8/h8H,2-7H2,1H3/t8-/m1/s1. The Balaban J connectivity index is 2.02. The van der Waals surface area contributed by atoms with Crippen LogP contribution >= 0.6 is 0 Å². The first kappa shape index (κ1) is 8.02. The second-order valence-electron chi connectivity index (χ2n) is 2.65. The molecule has 60 valence electrons. The molecule has 0 aromatic rings. The van der Waals surface area contributed by atoms with Crippen molar-refractivity contribution < 1.29 is 9.47 Å². The second kappa shape index (κ2) is 4.69. The van der Waals surface area contributed by atoms with Crippen LogP contribution in [0.2, 0.25) is 0 Å². The van der Waals surface area contributed by atoms with Crippen molar-refractivity contribution in [1.82, 2.24) is 0 Å². The third kappa shape index (κ3) is 2.67. The Morgan fingerprint density at radius 2 is 2.40 bits per heavy atom. The van der Waals surface area contributed by atoms with E-state index < -0.39 is 0 Å². The molecule has 1 aliphatic rings. The van der Waals surface area contributed by atoms with Gasteiger partial charge in [0.15, 0.2) is 0 Å². The van der Waals surface area contributed by atoms with Gasteiger partial charge in [0, 0.05) is 13.2 Å². The van der Waals surface area contributed by atoms with Crippen molar-refractivity contribution in [1.29, 1.82) is 0 Å². The summed E-state index contributed by atoms with van der Waals surface area (Å²) < 4.78 is 10.7. The lowest BCUT2D eigenvalue weighted by molar-refractivity contribution is -0.0381. The third-order valence-electron chi connectivity index (χ3n) is 1.78. The summed E-state index contributed by atoms with van der Waals surface area (Å²) in [6.07, 6.45) is 4.09. The average molecular weight is 144 g/mol. The molecule has 0 saturated carbocycles. The molecular weight excluding hydrogens is 128 g/mol. The molecule has 0 aromatic heterocycles. The summed E-state index contributed by atoms with van der Waals surface area (Å²) in [5.41, 5.74) is 0. The first-order valence-corrected chi connectivity index (χ1v) is 4.13. The summed E-state index contributed by atoms with van der Waals surface area (Å²) in [5.74, 6) is 0. The van der Waals surface area contributed by atoms with Crippen LogP contribution in [0.15, 0.2) is 0 Å². The van der Waals surface area contributed by atoms with Gasteiger partial charge in [-0.15, -0.1) is 0 Å². The minimum Gasteiger partial charge on any atom is -0.379 e. The molecule has 0 spiro atoms. The van der Waals surface area contributed by atoms with Gasteiger partial charge in [-0.2, -0.15) is 0 Å². The van der Waals surface area contributed by atoms with Crippen LogP contribution in [0.1, 0.15) is 26.2 Å². The number of rotatable bonds is 3. The fourth-order valence-electron chi connectivity index (χ4n) is 1.19. The molecule has 0 aromatic carbocycles. The van der Waals surface area contributed by atoms with Gasteiger partial charge in [0.1, 0.15) is 0 Å². The molecular formula is C8H16O2. The lowest BCUT2D eigenvalue weighted by Crippen LogP contribution is -2.24. The number of hydrogen-bond acceptors (Lipinski definition) is 2.